The first-order chi connectivity index (χ1) is 8.72. The SMILES string of the molecule is COc1ccc([C@@H](C)[C@@H](C)c2ccccn2)cc1. The molecule has 94 valence electrons. The molecule has 2 aromatic rings. The molecule has 2 heteroatoms. The van der Waals surface area contributed by atoms with E-state index in [1.165, 1.54) is 5.56 Å². The third-order valence-electron chi connectivity index (χ3n) is 3.55. The molecule has 2 atom stereocenters. The van der Waals surface area contributed by atoms with Gasteiger partial charge in [-0.15, -0.1) is 0 Å². The van der Waals surface area contributed by atoms with Gasteiger partial charge in [-0.3, -0.25) is 4.98 Å². The first-order valence-corrected chi connectivity index (χ1v) is 6.27. The van der Waals surface area contributed by atoms with Crippen LogP contribution in [0.2, 0.25) is 0 Å². The van der Waals surface area contributed by atoms with Crippen molar-refractivity contribution in [3.05, 3.63) is 59.9 Å². The van der Waals surface area contributed by atoms with E-state index >= 15 is 0 Å². The second kappa shape index (κ2) is 5.67. The van der Waals surface area contributed by atoms with Crippen molar-refractivity contribution in [2.75, 3.05) is 7.11 Å². The van der Waals surface area contributed by atoms with Crippen molar-refractivity contribution < 1.29 is 4.74 Å². The Hall–Kier alpha value is -1.83. The Morgan fingerprint density at radius 1 is 0.944 bits per heavy atom. The first kappa shape index (κ1) is 12.6. The number of pyridine rings is 1. The Bertz CT molecular complexity index is 478. The summed E-state index contributed by atoms with van der Waals surface area (Å²) in [5.74, 6) is 1.74. The molecule has 1 heterocycles. The Morgan fingerprint density at radius 3 is 2.22 bits per heavy atom. The van der Waals surface area contributed by atoms with Crippen molar-refractivity contribution in [3.63, 3.8) is 0 Å². The van der Waals surface area contributed by atoms with Gasteiger partial charge in [-0.2, -0.15) is 0 Å². The van der Waals surface area contributed by atoms with Crippen molar-refractivity contribution in [1.29, 1.82) is 0 Å². The van der Waals surface area contributed by atoms with Crippen molar-refractivity contribution in [2.24, 2.45) is 0 Å². The fourth-order valence-electron chi connectivity index (χ4n) is 2.10. The Labute approximate surface area is 109 Å². The second-order valence-electron chi connectivity index (χ2n) is 4.61. The van der Waals surface area contributed by atoms with Crippen LogP contribution in [0.5, 0.6) is 5.75 Å². The molecule has 0 saturated carbocycles. The molecule has 0 N–H and O–H groups in total. The molecule has 0 radical (unpaired) electrons. The number of ether oxygens (including phenoxy) is 1. The highest BCUT2D eigenvalue weighted by molar-refractivity contribution is 5.31. The van der Waals surface area contributed by atoms with E-state index in [0.29, 0.717) is 11.8 Å². The maximum absolute atomic E-state index is 5.18. The second-order valence-corrected chi connectivity index (χ2v) is 4.61. The van der Waals surface area contributed by atoms with Gasteiger partial charge in [-0.05, 0) is 35.7 Å². The smallest absolute Gasteiger partial charge is 0.118 e. The van der Waals surface area contributed by atoms with E-state index in [4.69, 9.17) is 4.74 Å². The number of nitrogens with zero attached hydrogens (tertiary/aromatic N) is 1. The molecule has 0 fully saturated rings. The third kappa shape index (κ3) is 2.70. The van der Waals surface area contributed by atoms with Crippen LogP contribution in [-0.4, -0.2) is 12.1 Å². The molecule has 0 aliphatic heterocycles. The van der Waals surface area contributed by atoms with Gasteiger partial charge < -0.3 is 4.74 Å². The zero-order chi connectivity index (χ0) is 13.0. The fourth-order valence-corrected chi connectivity index (χ4v) is 2.10. The monoisotopic (exact) mass is 241 g/mol. The molecule has 0 amide bonds. The maximum Gasteiger partial charge on any atom is 0.118 e. The summed E-state index contributed by atoms with van der Waals surface area (Å²) in [5, 5.41) is 0. The molecule has 1 aromatic carbocycles. The first-order valence-electron chi connectivity index (χ1n) is 6.27. The Kier molecular flexibility index (Phi) is 3.98. The maximum atomic E-state index is 5.18. The molecule has 0 aliphatic rings. The minimum atomic E-state index is 0.402. The molecule has 18 heavy (non-hydrogen) atoms. The van der Waals surface area contributed by atoms with E-state index in [9.17, 15) is 0 Å². The number of aromatic nitrogens is 1. The number of hydrogen-bond donors (Lipinski definition) is 0. The van der Waals surface area contributed by atoms with E-state index in [1.54, 1.807) is 7.11 Å². The van der Waals surface area contributed by atoms with Gasteiger partial charge in [-0.25, -0.2) is 0 Å². The predicted molar refractivity (Wildman–Crippen MR) is 74.1 cm³/mol. The summed E-state index contributed by atoms with van der Waals surface area (Å²) in [6, 6.07) is 14.4. The molecule has 0 spiro atoms. The van der Waals surface area contributed by atoms with Crippen LogP contribution in [0, 0.1) is 0 Å². The van der Waals surface area contributed by atoms with Crippen molar-refractivity contribution in [3.8, 4) is 5.75 Å². The summed E-state index contributed by atoms with van der Waals surface area (Å²) in [4.78, 5) is 4.43. The predicted octanol–water partition coefficient (Wildman–Crippen LogP) is 4.00. The van der Waals surface area contributed by atoms with Crippen molar-refractivity contribution >= 4 is 0 Å². The van der Waals surface area contributed by atoms with Crippen LogP contribution < -0.4 is 4.74 Å². The lowest BCUT2D eigenvalue weighted by atomic mass is 9.86. The zero-order valence-electron chi connectivity index (χ0n) is 11.1. The van der Waals surface area contributed by atoms with E-state index in [0.717, 1.165) is 11.4 Å². The molecule has 0 unspecified atom stereocenters. The molecular formula is C16H19NO. The minimum absolute atomic E-state index is 0.402. The van der Waals surface area contributed by atoms with E-state index < -0.39 is 0 Å². The average Bonchev–Trinajstić information content (AvgIpc) is 2.47. The summed E-state index contributed by atoms with van der Waals surface area (Å²) >= 11 is 0. The lowest BCUT2D eigenvalue weighted by molar-refractivity contribution is 0.414. The van der Waals surface area contributed by atoms with Gasteiger partial charge >= 0.3 is 0 Å². The van der Waals surface area contributed by atoms with Gasteiger partial charge in [0.15, 0.2) is 0 Å². The minimum Gasteiger partial charge on any atom is -0.497 e. The van der Waals surface area contributed by atoms with Gasteiger partial charge in [0.2, 0.25) is 0 Å². The molecule has 0 bridgehead atoms. The van der Waals surface area contributed by atoms with Crippen LogP contribution in [0.25, 0.3) is 0 Å². The summed E-state index contributed by atoms with van der Waals surface area (Å²) in [5.41, 5.74) is 2.45. The van der Waals surface area contributed by atoms with Gasteiger partial charge in [0, 0.05) is 17.8 Å². The average molecular weight is 241 g/mol. The molecule has 1 aromatic heterocycles. The van der Waals surface area contributed by atoms with E-state index in [-0.39, 0.29) is 0 Å². The molecular weight excluding hydrogens is 222 g/mol. The van der Waals surface area contributed by atoms with Gasteiger partial charge in [-0.1, -0.05) is 32.0 Å². The van der Waals surface area contributed by atoms with Gasteiger partial charge in [0.05, 0.1) is 7.11 Å². The topological polar surface area (TPSA) is 22.1 Å². The van der Waals surface area contributed by atoms with E-state index in [2.05, 4.69) is 37.0 Å². The largest absolute Gasteiger partial charge is 0.497 e. The lowest BCUT2D eigenvalue weighted by Crippen LogP contribution is -2.06. The van der Waals surface area contributed by atoms with Crippen molar-refractivity contribution in [1.82, 2.24) is 4.98 Å². The standard InChI is InChI=1S/C16H19NO/c1-12(13(2)16-6-4-5-11-17-16)14-7-9-15(18-3)10-8-14/h4-13H,1-3H3/t12-,13+/m0/s1. The molecule has 2 nitrogen and oxygen atoms in total. The summed E-state index contributed by atoms with van der Waals surface area (Å²) < 4.78 is 5.18. The number of benzene rings is 1. The zero-order valence-corrected chi connectivity index (χ0v) is 11.1. The summed E-state index contributed by atoms with van der Waals surface area (Å²) in [7, 11) is 1.69. The van der Waals surface area contributed by atoms with Gasteiger partial charge in [0.1, 0.15) is 5.75 Å². The number of rotatable bonds is 4. The molecule has 0 saturated heterocycles. The highest BCUT2D eigenvalue weighted by Crippen LogP contribution is 2.31. The van der Waals surface area contributed by atoms with Crippen LogP contribution in [0.15, 0.2) is 48.7 Å². The fraction of sp³-hybridized carbons (Fsp3) is 0.312. The highest BCUT2D eigenvalue weighted by Gasteiger charge is 2.17. The van der Waals surface area contributed by atoms with Gasteiger partial charge in [0.25, 0.3) is 0 Å². The Morgan fingerprint density at radius 2 is 1.67 bits per heavy atom. The van der Waals surface area contributed by atoms with Crippen LogP contribution >= 0.6 is 0 Å². The van der Waals surface area contributed by atoms with Crippen LogP contribution in [0.3, 0.4) is 0 Å². The number of hydrogen-bond acceptors (Lipinski definition) is 2. The third-order valence-corrected chi connectivity index (χ3v) is 3.55. The Balaban J connectivity index is 2.17. The summed E-state index contributed by atoms with van der Waals surface area (Å²) in [6.45, 7) is 4.46. The quantitative estimate of drug-likeness (QED) is 0.807. The van der Waals surface area contributed by atoms with E-state index in [1.807, 2.05) is 30.5 Å². The van der Waals surface area contributed by atoms with Crippen LogP contribution in [0.1, 0.15) is 36.9 Å². The van der Waals surface area contributed by atoms with Crippen molar-refractivity contribution in [2.45, 2.75) is 25.7 Å². The highest BCUT2D eigenvalue weighted by atomic mass is 16.5. The van der Waals surface area contributed by atoms with Crippen LogP contribution in [0.4, 0.5) is 0 Å². The number of methoxy groups -OCH3 is 1. The van der Waals surface area contributed by atoms with Crippen LogP contribution in [-0.2, 0) is 0 Å². The lowest BCUT2D eigenvalue weighted by Gasteiger charge is -2.20. The molecule has 0 aliphatic carbocycles. The normalized spacial score (nSPS) is 13.9. The summed E-state index contributed by atoms with van der Waals surface area (Å²) in [6.07, 6.45) is 1.85. The molecule has 2 rings (SSSR count).